The molecule has 0 bridgehead atoms. The van der Waals surface area contributed by atoms with E-state index in [9.17, 15) is 9.59 Å². The molecule has 6 nitrogen and oxygen atoms in total. The predicted molar refractivity (Wildman–Crippen MR) is 97.9 cm³/mol. The zero-order valence-electron chi connectivity index (χ0n) is 13.9. The fourth-order valence-electron chi connectivity index (χ4n) is 2.97. The maximum Gasteiger partial charge on any atom is 0.241 e. The van der Waals surface area contributed by atoms with Crippen LogP contribution < -0.4 is 21.7 Å². The van der Waals surface area contributed by atoms with E-state index in [1.54, 1.807) is 0 Å². The fraction of sp³-hybridized carbons (Fsp3) is 0.263. The van der Waals surface area contributed by atoms with Crippen molar-refractivity contribution >= 4 is 17.5 Å². The Bertz CT molecular complexity index is 748. The van der Waals surface area contributed by atoms with Crippen LogP contribution in [0.15, 0.2) is 54.6 Å². The van der Waals surface area contributed by atoms with E-state index >= 15 is 0 Å². The van der Waals surface area contributed by atoms with Crippen molar-refractivity contribution < 1.29 is 9.59 Å². The molecule has 2 amide bonds. The number of amides is 2. The van der Waals surface area contributed by atoms with Crippen LogP contribution in [0.1, 0.15) is 6.42 Å². The molecule has 1 saturated heterocycles. The molecule has 1 fully saturated rings. The minimum Gasteiger partial charge on any atom is -0.351 e. The van der Waals surface area contributed by atoms with E-state index in [4.69, 9.17) is 5.73 Å². The SMILES string of the molecule is NCC(=O)NC1CN[C@H](C(=O)Nc2cccc(-c3ccccc3)c2)C1. The summed E-state index contributed by atoms with van der Waals surface area (Å²) in [6, 6.07) is 17.4. The van der Waals surface area contributed by atoms with Crippen molar-refractivity contribution in [2.24, 2.45) is 5.73 Å². The van der Waals surface area contributed by atoms with Crippen molar-refractivity contribution in [3.05, 3.63) is 54.6 Å². The molecular weight excluding hydrogens is 316 g/mol. The van der Waals surface area contributed by atoms with Gasteiger partial charge in [0.2, 0.25) is 11.8 Å². The Balaban J connectivity index is 1.61. The first kappa shape index (κ1) is 17.1. The molecule has 1 heterocycles. The van der Waals surface area contributed by atoms with Gasteiger partial charge in [0.05, 0.1) is 12.6 Å². The van der Waals surface area contributed by atoms with Crippen LogP contribution in [-0.4, -0.2) is 37.0 Å². The number of hydrogen-bond acceptors (Lipinski definition) is 4. The summed E-state index contributed by atoms with van der Waals surface area (Å²) in [5.41, 5.74) is 8.20. The van der Waals surface area contributed by atoms with E-state index in [0.717, 1.165) is 16.8 Å². The Morgan fingerprint density at radius 2 is 1.84 bits per heavy atom. The van der Waals surface area contributed by atoms with Crippen molar-refractivity contribution in [2.45, 2.75) is 18.5 Å². The molecule has 2 aromatic carbocycles. The van der Waals surface area contributed by atoms with E-state index in [1.165, 1.54) is 0 Å². The Kier molecular flexibility index (Phi) is 5.42. The van der Waals surface area contributed by atoms with Gasteiger partial charge in [-0.15, -0.1) is 0 Å². The highest BCUT2D eigenvalue weighted by Gasteiger charge is 2.30. The first-order valence-electron chi connectivity index (χ1n) is 8.35. The second-order valence-electron chi connectivity index (χ2n) is 6.10. The van der Waals surface area contributed by atoms with E-state index < -0.39 is 0 Å². The molecule has 3 rings (SSSR count). The maximum absolute atomic E-state index is 12.5. The summed E-state index contributed by atoms with van der Waals surface area (Å²) in [5.74, 6) is -0.307. The molecule has 5 N–H and O–H groups in total. The average Bonchev–Trinajstić information content (AvgIpc) is 3.11. The summed E-state index contributed by atoms with van der Waals surface area (Å²) in [6.07, 6.45) is 0.552. The predicted octanol–water partition coefficient (Wildman–Crippen LogP) is 1.10. The largest absolute Gasteiger partial charge is 0.351 e. The third-order valence-electron chi connectivity index (χ3n) is 4.24. The minimum absolute atomic E-state index is 0.0420. The topological polar surface area (TPSA) is 96.2 Å². The summed E-state index contributed by atoms with van der Waals surface area (Å²) < 4.78 is 0. The lowest BCUT2D eigenvalue weighted by Gasteiger charge is -2.13. The van der Waals surface area contributed by atoms with Crippen LogP contribution >= 0.6 is 0 Å². The van der Waals surface area contributed by atoms with Crippen LogP contribution in [-0.2, 0) is 9.59 Å². The van der Waals surface area contributed by atoms with E-state index in [2.05, 4.69) is 16.0 Å². The Morgan fingerprint density at radius 3 is 2.60 bits per heavy atom. The van der Waals surface area contributed by atoms with Crippen LogP contribution in [0, 0.1) is 0 Å². The van der Waals surface area contributed by atoms with Crippen LogP contribution in [0.4, 0.5) is 5.69 Å². The average molecular weight is 338 g/mol. The summed E-state index contributed by atoms with van der Waals surface area (Å²) in [5, 5.41) is 8.88. The number of anilines is 1. The first-order valence-corrected chi connectivity index (χ1v) is 8.35. The lowest BCUT2D eigenvalue weighted by molar-refractivity contribution is -0.121. The van der Waals surface area contributed by atoms with Crippen molar-refractivity contribution in [1.82, 2.24) is 10.6 Å². The summed E-state index contributed by atoms with van der Waals surface area (Å²) in [6.45, 7) is 0.521. The maximum atomic E-state index is 12.5. The van der Waals surface area contributed by atoms with Crippen molar-refractivity contribution in [3.63, 3.8) is 0 Å². The van der Waals surface area contributed by atoms with Gasteiger partial charge in [-0.25, -0.2) is 0 Å². The second-order valence-corrected chi connectivity index (χ2v) is 6.10. The number of benzene rings is 2. The van der Waals surface area contributed by atoms with E-state index in [-0.39, 0.29) is 30.4 Å². The molecule has 2 aromatic rings. The monoisotopic (exact) mass is 338 g/mol. The van der Waals surface area contributed by atoms with Crippen LogP contribution in [0.5, 0.6) is 0 Å². The molecule has 1 aliphatic heterocycles. The number of rotatable bonds is 5. The standard InChI is InChI=1S/C19H22N4O2/c20-11-18(24)22-16-10-17(21-12-16)19(25)23-15-8-4-7-14(9-15)13-5-2-1-3-6-13/h1-9,16-17,21H,10-12,20H2,(H,22,24)(H,23,25)/t16?,17-/m0/s1. The minimum atomic E-state index is -0.330. The third kappa shape index (κ3) is 4.43. The van der Waals surface area contributed by atoms with Gasteiger partial charge in [0.15, 0.2) is 0 Å². The normalized spacial score (nSPS) is 19.4. The highest BCUT2D eigenvalue weighted by atomic mass is 16.2. The van der Waals surface area contributed by atoms with Crippen molar-refractivity contribution in [1.29, 1.82) is 0 Å². The number of carbonyl (C=O) groups excluding carboxylic acids is 2. The third-order valence-corrected chi connectivity index (χ3v) is 4.24. The zero-order valence-corrected chi connectivity index (χ0v) is 13.9. The fourth-order valence-corrected chi connectivity index (χ4v) is 2.97. The Morgan fingerprint density at radius 1 is 1.08 bits per heavy atom. The van der Waals surface area contributed by atoms with Gasteiger partial charge in [0, 0.05) is 18.3 Å². The molecule has 0 aromatic heterocycles. The van der Waals surface area contributed by atoms with Crippen molar-refractivity contribution in [2.75, 3.05) is 18.4 Å². The van der Waals surface area contributed by atoms with Gasteiger partial charge >= 0.3 is 0 Å². The summed E-state index contributed by atoms with van der Waals surface area (Å²) >= 11 is 0. The quantitative estimate of drug-likeness (QED) is 0.656. The summed E-state index contributed by atoms with van der Waals surface area (Å²) in [7, 11) is 0. The lowest BCUT2D eigenvalue weighted by atomic mass is 10.1. The Labute approximate surface area is 146 Å². The van der Waals surface area contributed by atoms with Gasteiger partial charge in [0.25, 0.3) is 0 Å². The van der Waals surface area contributed by atoms with Gasteiger partial charge in [-0.1, -0.05) is 42.5 Å². The molecule has 0 spiro atoms. The molecule has 2 atom stereocenters. The Hall–Kier alpha value is -2.70. The zero-order chi connectivity index (χ0) is 17.6. The highest BCUT2D eigenvalue weighted by molar-refractivity contribution is 5.95. The lowest BCUT2D eigenvalue weighted by Crippen LogP contribution is -2.39. The molecule has 25 heavy (non-hydrogen) atoms. The molecule has 1 aliphatic rings. The second kappa shape index (κ2) is 7.92. The number of carbonyl (C=O) groups is 2. The number of nitrogens with two attached hydrogens (primary N) is 1. The first-order chi connectivity index (χ1) is 12.2. The van der Waals surface area contributed by atoms with Crippen molar-refractivity contribution in [3.8, 4) is 11.1 Å². The molecule has 1 unspecified atom stereocenters. The van der Waals surface area contributed by atoms with Gasteiger partial charge in [-0.05, 0) is 29.7 Å². The van der Waals surface area contributed by atoms with Gasteiger partial charge in [0.1, 0.15) is 0 Å². The van der Waals surface area contributed by atoms with Crippen LogP contribution in [0.25, 0.3) is 11.1 Å². The molecule has 0 aliphatic carbocycles. The smallest absolute Gasteiger partial charge is 0.241 e. The van der Waals surface area contributed by atoms with Crippen LogP contribution in [0.2, 0.25) is 0 Å². The highest BCUT2D eigenvalue weighted by Crippen LogP contribution is 2.22. The van der Waals surface area contributed by atoms with Gasteiger partial charge in [-0.3, -0.25) is 9.59 Å². The molecule has 130 valence electrons. The number of nitrogens with one attached hydrogen (secondary N) is 3. The molecule has 0 radical (unpaired) electrons. The van der Waals surface area contributed by atoms with Gasteiger partial charge < -0.3 is 21.7 Å². The molecule has 0 saturated carbocycles. The molecular formula is C19H22N4O2. The summed E-state index contributed by atoms with van der Waals surface area (Å²) in [4.78, 5) is 23.8. The van der Waals surface area contributed by atoms with E-state index in [0.29, 0.717) is 13.0 Å². The number of hydrogen-bond donors (Lipinski definition) is 4. The van der Waals surface area contributed by atoms with Crippen LogP contribution in [0.3, 0.4) is 0 Å². The molecule has 6 heteroatoms. The van der Waals surface area contributed by atoms with Gasteiger partial charge in [-0.2, -0.15) is 0 Å². The van der Waals surface area contributed by atoms with E-state index in [1.807, 2.05) is 54.6 Å².